The predicted octanol–water partition coefficient (Wildman–Crippen LogP) is 8.78. The Kier molecular flexibility index (Phi) is 29.3. The maximum absolute atomic E-state index is 12.4. The van der Waals surface area contributed by atoms with Crippen LogP contribution in [0.25, 0.3) is 0 Å². The Morgan fingerprint density at radius 2 is 1.24 bits per heavy atom. The molecule has 0 aromatic carbocycles. The molecule has 0 aromatic heterocycles. The number of nitrogens with one attached hydrogen (secondary N) is 1. The molecule has 0 fully saturated rings. The summed E-state index contributed by atoms with van der Waals surface area (Å²) in [4.78, 5) is 35.6. The van der Waals surface area contributed by atoms with Gasteiger partial charge in [0.15, 0.2) is 0 Å². The Morgan fingerprint density at radius 1 is 0.738 bits per heavy atom. The molecule has 1 N–H and O–H groups in total. The highest BCUT2D eigenvalue weighted by Gasteiger charge is 2.36. The number of ether oxygens (including phenoxy) is 2. The third kappa shape index (κ3) is 27.4. The number of ketones is 1. The van der Waals surface area contributed by atoms with Gasteiger partial charge in [0.05, 0.1) is 6.61 Å². The highest BCUT2D eigenvalue weighted by atomic mass is 16.5. The number of hydrogen-bond donors (Lipinski definition) is 1. The molecule has 0 unspecified atom stereocenters. The third-order valence-electron chi connectivity index (χ3n) is 6.18. The molecular formula is C36H61NO5. The molecule has 6 heteroatoms. The zero-order valence-electron chi connectivity index (χ0n) is 27.8. The second-order valence-corrected chi connectivity index (χ2v) is 11.0. The Balaban J connectivity index is 0. The fourth-order valence-electron chi connectivity index (χ4n) is 3.74. The summed E-state index contributed by atoms with van der Waals surface area (Å²) >= 11 is 0. The van der Waals surface area contributed by atoms with Crippen molar-refractivity contribution >= 4 is 17.7 Å². The summed E-state index contributed by atoms with van der Waals surface area (Å²) in [6.07, 6.45) is 31.9. The summed E-state index contributed by atoms with van der Waals surface area (Å²) in [5.41, 5.74) is -0.700. The van der Waals surface area contributed by atoms with Crippen LogP contribution in [0, 0.1) is 5.41 Å². The lowest BCUT2D eigenvalue weighted by molar-refractivity contribution is -0.155. The van der Waals surface area contributed by atoms with Crippen molar-refractivity contribution in [2.45, 2.75) is 125 Å². The van der Waals surface area contributed by atoms with Crippen molar-refractivity contribution in [1.29, 1.82) is 0 Å². The summed E-state index contributed by atoms with van der Waals surface area (Å²) in [6, 6.07) is 0. The molecule has 0 aliphatic carbocycles. The van der Waals surface area contributed by atoms with Crippen LogP contribution in [0.5, 0.6) is 0 Å². The predicted molar refractivity (Wildman–Crippen MR) is 177 cm³/mol. The maximum atomic E-state index is 12.4. The molecule has 240 valence electrons. The van der Waals surface area contributed by atoms with E-state index in [-0.39, 0.29) is 37.2 Å². The topological polar surface area (TPSA) is 81.7 Å². The SMILES string of the molecule is CC/C=C\C/C=C\C/C=C\C/C=C\C/C=C\CCCC(=O)OCC(C)(C)[C@@H](OC)C(=O)NCCC(C)=O.CCCCC. The van der Waals surface area contributed by atoms with E-state index >= 15 is 0 Å². The van der Waals surface area contributed by atoms with E-state index in [4.69, 9.17) is 9.47 Å². The molecule has 42 heavy (non-hydrogen) atoms. The second-order valence-electron chi connectivity index (χ2n) is 11.0. The Labute approximate surface area is 257 Å². The molecule has 0 aromatic rings. The van der Waals surface area contributed by atoms with Gasteiger partial charge in [-0.2, -0.15) is 0 Å². The molecule has 0 rings (SSSR count). The first-order valence-corrected chi connectivity index (χ1v) is 15.9. The molecule has 1 amide bonds. The maximum Gasteiger partial charge on any atom is 0.305 e. The number of unbranched alkanes of at least 4 members (excludes halogenated alkanes) is 3. The first-order chi connectivity index (χ1) is 20.2. The molecule has 0 spiro atoms. The van der Waals surface area contributed by atoms with Crippen LogP contribution in [-0.4, -0.2) is 44.0 Å². The standard InChI is InChI=1S/C31H49NO5.C5H12/c1-6-7-8-9-10-11-12-13-14-15-16-17-18-19-20-21-22-23-28(34)37-26-31(3,4)29(36-5)30(35)32-25-24-27(2)33;1-3-5-4-2/h7-8,10-11,13-14,16-17,19-20,29H,6,9,12,15,18,21-26H2,1-5H3,(H,32,35);3-5H2,1-2H3/b8-7-,11-10-,14-13-,17-16-,20-19-;/t29-;/m0./s1. The van der Waals surface area contributed by atoms with Gasteiger partial charge in [-0.15, -0.1) is 0 Å². The monoisotopic (exact) mass is 587 g/mol. The molecule has 0 heterocycles. The number of esters is 1. The molecule has 0 bridgehead atoms. The van der Waals surface area contributed by atoms with E-state index in [9.17, 15) is 14.4 Å². The van der Waals surface area contributed by atoms with Crippen LogP contribution >= 0.6 is 0 Å². The van der Waals surface area contributed by atoms with Crippen LogP contribution in [-0.2, 0) is 23.9 Å². The van der Waals surface area contributed by atoms with Crippen molar-refractivity contribution < 1.29 is 23.9 Å². The van der Waals surface area contributed by atoms with Crippen LogP contribution < -0.4 is 5.32 Å². The number of Topliss-reactive ketones (excluding diaryl/α,β-unsaturated/α-hetero) is 1. The van der Waals surface area contributed by atoms with Crippen molar-refractivity contribution in [2.24, 2.45) is 5.41 Å². The fraction of sp³-hybridized carbons (Fsp3) is 0.639. The zero-order chi connectivity index (χ0) is 31.9. The van der Waals surface area contributed by atoms with Gasteiger partial charge in [0.2, 0.25) is 5.91 Å². The van der Waals surface area contributed by atoms with Crippen molar-refractivity contribution in [3.05, 3.63) is 60.8 Å². The van der Waals surface area contributed by atoms with Crippen molar-refractivity contribution in [3.8, 4) is 0 Å². The summed E-state index contributed by atoms with van der Waals surface area (Å²) in [6.45, 7) is 12.0. The molecule has 0 saturated carbocycles. The highest BCUT2D eigenvalue weighted by Crippen LogP contribution is 2.24. The average molecular weight is 588 g/mol. The zero-order valence-corrected chi connectivity index (χ0v) is 27.8. The van der Waals surface area contributed by atoms with E-state index in [0.29, 0.717) is 12.8 Å². The number of methoxy groups -OCH3 is 1. The lowest BCUT2D eigenvalue weighted by atomic mass is 9.86. The van der Waals surface area contributed by atoms with Crippen molar-refractivity contribution in [3.63, 3.8) is 0 Å². The molecular weight excluding hydrogens is 526 g/mol. The second kappa shape index (κ2) is 29.8. The van der Waals surface area contributed by atoms with Gasteiger partial charge < -0.3 is 14.8 Å². The third-order valence-corrected chi connectivity index (χ3v) is 6.18. The minimum Gasteiger partial charge on any atom is -0.465 e. The van der Waals surface area contributed by atoms with Gasteiger partial charge >= 0.3 is 5.97 Å². The van der Waals surface area contributed by atoms with Crippen LogP contribution in [0.4, 0.5) is 0 Å². The fourth-order valence-corrected chi connectivity index (χ4v) is 3.74. The van der Waals surface area contributed by atoms with E-state index < -0.39 is 11.5 Å². The minimum atomic E-state index is -0.784. The molecule has 1 atom stereocenters. The van der Waals surface area contributed by atoms with Crippen LogP contribution in [0.15, 0.2) is 60.8 Å². The minimum absolute atomic E-state index is 0.00652. The molecule has 0 saturated heterocycles. The van der Waals surface area contributed by atoms with E-state index in [0.717, 1.165) is 38.5 Å². The van der Waals surface area contributed by atoms with Crippen LogP contribution in [0.1, 0.15) is 119 Å². The van der Waals surface area contributed by atoms with Crippen LogP contribution in [0.3, 0.4) is 0 Å². The molecule has 0 aliphatic rings. The number of carbonyl (C=O) groups is 3. The van der Waals surface area contributed by atoms with Gasteiger partial charge in [0, 0.05) is 31.9 Å². The normalized spacial score (nSPS) is 12.8. The van der Waals surface area contributed by atoms with Gasteiger partial charge in [-0.25, -0.2) is 0 Å². The summed E-state index contributed by atoms with van der Waals surface area (Å²) in [7, 11) is 1.45. The Bertz CT molecular complexity index is 834. The smallest absolute Gasteiger partial charge is 0.305 e. The lowest BCUT2D eigenvalue weighted by Gasteiger charge is -2.31. The quantitative estimate of drug-likeness (QED) is 0.0734. The van der Waals surface area contributed by atoms with E-state index in [1.165, 1.54) is 33.3 Å². The number of amides is 1. The summed E-state index contributed by atoms with van der Waals surface area (Å²) in [5.74, 6) is -0.595. The molecule has 0 radical (unpaired) electrons. The first kappa shape index (κ1) is 41.4. The summed E-state index contributed by atoms with van der Waals surface area (Å²) < 4.78 is 10.8. The van der Waals surface area contributed by atoms with Gasteiger partial charge in [0.25, 0.3) is 0 Å². The van der Waals surface area contributed by atoms with Crippen molar-refractivity contribution in [1.82, 2.24) is 5.32 Å². The number of hydrogen-bond acceptors (Lipinski definition) is 5. The molecule has 6 nitrogen and oxygen atoms in total. The van der Waals surface area contributed by atoms with Crippen molar-refractivity contribution in [2.75, 3.05) is 20.3 Å². The van der Waals surface area contributed by atoms with Gasteiger partial charge in [-0.3, -0.25) is 14.4 Å². The Hall–Kier alpha value is -2.73. The lowest BCUT2D eigenvalue weighted by Crippen LogP contribution is -2.47. The Morgan fingerprint density at radius 3 is 1.67 bits per heavy atom. The molecule has 0 aliphatic heterocycles. The van der Waals surface area contributed by atoms with E-state index in [1.54, 1.807) is 0 Å². The number of rotatable bonds is 23. The highest BCUT2D eigenvalue weighted by molar-refractivity contribution is 5.82. The summed E-state index contributed by atoms with van der Waals surface area (Å²) in [5, 5.41) is 2.70. The number of carbonyl (C=O) groups excluding carboxylic acids is 3. The average Bonchev–Trinajstić information content (AvgIpc) is 2.94. The number of allylic oxidation sites excluding steroid dienone is 10. The van der Waals surface area contributed by atoms with Gasteiger partial charge in [0.1, 0.15) is 11.9 Å². The van der Waals surface area contributed by atoms with Gasteiger partial charge in [-0.05, 0) is 51.9 Å². The van der Waals surface area contributed by atoms with E-state index in [1.807, 2.05) is 13.8 Å². The van der Waals surface area contributed by atoms with E-state index in [2.05, 4.69) is 86.8 Å². The first-order valence-electron chi connectivity index (χ1n) is 15.9. The van der Waals surface area contributed by atoms with Crippen LogP contribution in [0.2, 0.25) is 0 Å². The van der Waals surface area contributed by atoms with Gasteiger partial charge in [-0.1, -0.05) is 115 Å². The largest absolute Gasteiger partial charge is 0.465 e.